The highest BCUT2D eigenvalue weighted by atomic mass is 35.5. The van der Waals surface area contributed by atoms with Crippen LogP contribution in [0.4, 0.5) is 0 Å². The predicted octanol–water partition coefficient (Wildman–Crippen LogP) is 3.67. The summed E-state index contributed by atoms with van der Waals surface area (Å²) >= 11 is 11.9. The van der Waals surface area contributed by atoms with Crippen LogP contribution in [0.1, 0.15) is 18.9 Å². The molecule has 1 aromatic rings. The van der Waals surface area contributed by atoms with Gasteiger partial charge in [-0.3, -0.25) is 0 Å². The lowest BCUT2D eigenvalue weighted by Gasteiger charge is -2.41. The number of benzene rings is 1. The summed E-state index contributed by atoms with van der Waals surface area (Å²) < 4.78 is 5.28. The first-order chi connectivity index (χ1) is 6.66. The van der Waals surface area contributed by atoms with Gasteiger partial charge in [0.05, 0.1) is 13.2 Å². The van der Waals surface area contributed by atoms with Crippen LogP contribution in [0, 0.1) is 0 Å². The van der Waals surface area contributed by atoms with Crippen molar-refractivity contribution < 1.29 is 4.74 Å². The van der Waals surface area contributed by atoms with E-state index in [-0.39, 0.29) is 5.41 Å². The lowest BCUT2D eigenvalue weighted by Crippen LogP contribution is -2.46. The Morgan fingerprint density at radius 1 is 1.21 bits per heavy atom. The van der Waals surface area contributed by atoms with Crippen LogP contribution in [-0.2, 0) is 10.2 Å². The average Bonchev–Trinajstić information content (AvgIpc) is 2.01. The molecular formula is C11H12Cl2O. The summed E-state index contributed by atoms with van der Waals surface area (Å²) in [5.41, 5.74) is 1.35. The number of rotatable bonds is 2. The minimum absolute atomic E-state index is 0.147. The van der Waals surface area contributed by atoms with Crippen molar-refractivity contribution >= 4 is 23.2 Å². The van der Waals surface area contributed by atoms with Crippen LogP contribution in [0.5, 0.6) is 0 Å². The van der Waals surface area contributed by atoms with Gasteiger partial charge in [0, 0.05) is 15.5 Å². The Kier molecular flexibility index (Phi) is 2.74. The molecule has 1 fully saturated rings. The van der Waals surface area contributed by atoms with E-state index < -0.39 is 0 Å². The maximum Gasteiger partial charge on any atom is 0.0585 e. The number of ether oxygens (including phenoxy) is 1. The number of hydrogen-bond acceptors (Lipinski definition) is 1. The first-order valence-electron chi connectivity index (χ1n) is 4.71. The van der Waals surface area contributed by atoms with Gasteiger partial charge in [0.25, 0.3) is 0 Å². The van der Waals surface area contributed by atoms with Crippen molar-refractivity contribution in [3.05, 3.63) is 33.8 Å². The normalized spacial score (nSPS) is 19.1. The molecule has 0 spiro atoms. The minimum Gasteiger partial charge on any atom is -0.379 e. The third-order valence-corrected chi connectivity index (χ3v) is 3.34. The third kappa shape index (κ3) is 1.65. The summed E-state index contributed by atoms with van der Waals surface area (Å²) in [6.07, 6.45) is 1.06. The largest absolute Gasteiger partial charge is 0.379 e. The Labute approximate surface area is 94.0 Å². The molecule has 1 saturated heterocycles. The topological polar surface area (TPSA) is 9.23 Å². The molecule has 0 aromatic heterocycles. The fourth-order valence-corrected chi connectivity index (χ4v) is 2.31. The van der Waals surface area contributed by atoms with Crippen LogP contribution in [0.15, 0.2) is 18.2 Å². The van der Waals surface area contributed by atoms with E-state index in [1.807, 2.05) is 12.1 Å². The van der Waals surface area contributed by atoms with E-state index >= 15 is 0 Å². The maximum absolute atomic E-state index is 5.97. The average molecular weight is 231 g/mol. The molecule has 0 unspecified atom stereocenters. The van der Waals surface area contributed by atoms with Crippen LogP contribution in [0.2, 0.25) is 10.0 Å². The fourth-order valence-electron chi connectivity index (χ4n) is 1.78. The van der Waals surface area contributed by atoms with Gasteiger partial charge in [-0.1, -0.05) is 30.1 Å². The number of halogens is 2. The second-order valence-corrected chi connectivity index (χ2v) is 4.66. The van der Waals surface area contributed by atoms with Gasteiger partial charge in [-0.05, 0) is 30.2 Å². The van der Waals surface area contributed by atoms with Crippen LogP contribution in [0.25, 0.3) is 0 Å². The zero-order chi connectivity index (χ0) is 10.2. The molecule has 1 aliphatic rings. The molecule has 76 valence electrons. The summed E-state index contributed by atoms with van der Waals surface area (Å²) in [6, 6.07) is 5.73. The van der Waals surface area contributed by atoms with Crippen molar-refractivity contribution in [1.29, 1.82) is 0 Å². The summed E-state index contributed by atoms with van der Waals surface area (Å²) in [5.74, 6) is 0. The first kappa shape index (κ1) is 10.3. The van der Waals surface area contributed by atoms with Crippen molar-refractivity contribution in [1.82, 2.24) is 0 Å². The quantitative estimate of drug-likeness (QED) is 0.754. The van der Waals surface area contributed by atoms with E-state index in [0.29, 0.717) is 10.0 Å². The van der Waals surface area contributed by atoms with Crippen molar-refractivity contribution in [2.45, 2.75) is 18.8 Å². The maximum atomic E-state index is 5.97. The molecule has 0 radical (unpaired) electrons. The molecule has 1 aromatic carbocycles. The van der Waals surface area contributed by atoms with Crippen molar-refractivity contribution in [2.75, 3.05) is 13.2 Å². The fraction of sp³-hybridized carbons (Fsp3) is 0.455. The highest BCUT2D eigenvalue weighted by Gasteiger charge is 2.38. The molecular weight excluding hydrogens is 219 g/mol. The second-order valence-electron chi connectivity index (χ2n) is 3.78. The van der Waals surface area contributed by atoms with Crippen LogP contribution in [-0.4, -0.2) is 13.2 Å². The number of hydrogen-bond donors (Lipinski definition) is 0. The van der Waals surface area contributed by atoms with Gasteiger partial charge >= 0.3 is 0 Å². The minimum atomic E-state index is 0.147. The molecule has 1 heterocycles. The van der Waals surface area contributed by atoms with Gasteiger partial charge in [0.1, 0.15) is 0 Å². The highest BCUT2D eigenvalue weighted by Crippen LogP contribution is 2.37. The zero-order valence-corrected chi connectivity index (χ0v) is 9.53. The highest BCUT2D eigenvalue weighted by molar-refractivity contribution is 6.34. The molecule has 0 N–H and O–H groups in total. The Morgan fingerprint density at radius 3 is 2.14 bits per heavy atom. The van der Waals surface area contributed by atoms with E-state index in [1.165, 1.54) is 5.56 Å². The Balaban J connectivity index is 2.39. The molecule has 0 aliphatic carbocycles. The molecule has 1 aliphatic heterocycles. The third-order valence-electron chi connectivity index (χ3n) is 2.91. The molecule has 0 atom stereocenters. The van der Waals surface area contributed by atoms with Gasteiger partial charge in [0.15, 0.2) is 0 Å². The summed E-state index contributed by atoms with van der Waals surface area (Å²) in [6.45, 7) is 3.72. The summed E-state index contributed by atoms with van der Waals surface area (Å²) in [4.78, 5) is 0. The molecule has 3 heteroatoms. The molecule has 1 nitrogen and oxygen atoms in total. The lowest BCUT2D eigenvalue weighted by molar-refractivity contribution is -0.0620. The molecule has 0 saturated carbocycles. The summed E-state index contributed by atoms with van der Waals surface area (Å²) in [7, 11) is 0. The standard InChI is InChI=1S/C11H12Cl2O/c1-2-11(6-14-7-11)8-3-9(12)5-10(13)4-8/h3-5H,2,6-7H2,1H3. The molecule has 14 heavy (non-hydrogen) atoms. The SMILES string of the molecule is CCC1(c2cc(Cl)cc(Cl)c2)COC1. The monoisotopic (exact) mass is 230 g/mol. The predicted molar refractivity (Wildman–Crippen MR) is 59.3 cm³/mol. The van der Waals surface area contributed by atoms with Crippen LogP contribution in [0.3, 0.4) is 0 Å². The smallest absolute Gasteiger partial charge is 0.0585 e. The second kappa shape index (κ2) is 3.73. The Bertz CT molecular complexity index is 319. The van der Waals surface area contributed by atoms with E-state index in [2.05, 4.69) is 6.92 Å². The van der Waals surface area contributed by atoms with Gasteiger partial charge in [-0.15, -0.1) is 0 Å². The van der Waals surface area contributed by atoms with E-state index in [1.54, 1.807) is 6.07 Å². The van der Waals surface area contributed by atoms with Gasteiger partial charge in [-0.25, -0.2) is 0 Å². The van der Waals surface area contributed by atoms with Crippen molar-refractivity contribution in [3.63, 3.8) is 0 Å². The summed E-state index contributed by atoms with van der Waals surface area (Å²) in [5, 5.41) is 1.40. The van der Waals surface area contributed by atoms with E-state index in [9.17, 15) is 0 Å². The van der Waals surface area contributed by atoms with Gasteiger partial charge in [-0.2, -0.15) is 0 Å². The first-order valence-corrected chi connectivity index (χ1v) is 5.46. The Morgan fingerprint density at radius 2 is 1.79 bits per heavy atom. The van der Waals surface area contributed by atoms with Gasteiger partial charge in [0.2, 0.25) is 0 Å². The zero-order valence-electron chi connectivity index (χ0n) is 8.02. The van der Waals surface area contributed by atoms with E-state index in [4.69, 9.17) is 27.9 Å². The van der Waals surface area contributed by atoms with Crippen LogP contribution < -0.4 is 0 Å². The van der Waals surface area contributed by atoms with Crippen molar-refractivity contribution in [3.8, 4) is 0 Å². The van der Waals surface area contributed by atoms with Crippen LogP contribution >= 0.6 is 23.2 Å². The molecule has 2 rings (SSSR count). The molecule has 0 bridgehead atoms. The Hall–Kier alpha value is -0.240. The van der Waals surface area contributed by atoms with E-state index in [0.717, 1.165) is 19.6 Å². The molecule has 0 amide bonds. The van der Waals surface area contributed by atoms with Gasteiger partial charge < -0.3 is 4.74 Å². The van der Waals surface area contributed by atoms with Crippen molar-refractivity contribution in [2.24, 2.45) is 0 Å². The lowest BCUT2D eigenvalue weighted by atomic mass is 9.76.